The molecule has 0 saturated carbocycles. The highest BCUT2D eigenvalue weighted by Crippen LogP contribution is 2.29. The van der Waals surface area contributed by atoms with Crippen molar-refractivity contribution in [2.24, 2.45) is 0 Å². The second kappa shape index (κ2) is 4.32. The SMILES string of the molecule is C=Cc1cc(C(C)C)c(OC)cc1C. The average Bonchev–Trinajstić information content (AvgIpc) is 2.16. The van der Waals surface area contributed by atoms with Crippen LogP contribution in [0.3, 0.4) is 0 Å². The van der Waals surface area contributed by atoms with Crippen molar-refractivity contribution in [1.82, 2.24) is 0 Å². The minimum atomic E-state index is 0.476. The van der Waals surface area contributed by atoms with Gasteiger partial charge in [0.1, 0.15) is 5.75 Å². The van der Waals surface area contributed by atoms with Gasteiger partial charge in [0.05, 0.1) is 7.11 Å². The molecular weight excluding hydrogens is 172 g/mol. The van der Waals surface area contributed by atoms with E-state index in [-0.39, 0.29) is 0 Å². The number of ether oxygens (including phenoxy) is 1. The molecule has 0 amide bonds. The summed E-state index contributed by atoms with van der Waals surface area (Å²) in [4.78, 5) is 0. The molecule has 0 fully saturated rings. The van der Waals surface area contributed by atoms with E-state index in [1.54, 1.807) is 7.11 Å². The van der Waals surface area contributed by atoms with Crippen molar-refractivity contribution in [3.05, 3.63) is 35.4 Å². The zero-order valence-corrected chi connectivity index (χ0v) is 9.42. The van der Waals surface area contributed by atoms with E-state index in [9.17, 15) is 0 Å². The van der Waals surface area contributed by atoms with Crippen LogP contribution in [0.5, 0.6) is 5.75 Å². The number of benzene rings is 1. The van der Waals surface area contributed by atoms with Crippen LogP contribution in [0.25, 0.3) is 6.08 Å². The van der Waals surface area contributed by atoms with E-state index in [2.05, 4.69) is 39.5 Å². The molecule has 14 heavy (non-hydrogen) atoms. The van der Waals surface area contributed by atoms with Crippen LogP contribution in [0, 0.1) is 6.92 Å². The minimum Gasteiger partial charge on any atom is -0.496 e. The first-order chi connectivity index (χ1) is 6.60. The monoisotopic (exact) mass is 190 g/mol. The first-order valence-electron chi connectivity index (χ1n) is 4.91. The first kappa shape index (κ1) is 10.8. The maximum atomic E-state index is 5.35. The van der Waals surface area contributed by atoms with Crippen molar-refractivity contribution in [3.63, 3.8) is 0 Å². The summed E-state index contributed by atoms with van der Waals surface area (Å²) in [6.07, 6.45) is 1.89. The van der Waals surface area contributed by atoms with E-state index in [1.165, 1.54) is 16.7 Å². The predicted molar refractivity (Wildman–Crippen MR) is 61.9 cm³/mol. The van der Waals surface area contributed by atoms with Gasteiger partial charge in [-0.1, -0.05) is 26.5 Å². The van der Waals surface area contributed by atoms with Crippen LogP contribution in [0.1, 0.15) is 36.5 Å². The van der Waals surface area contributed by atoms with Crippen molar-refractivity contribution in [2.45, 2.75) is 26.7 Å². The van der Waals surface area contributed by atoms with E-state index in [0.29, 0.717) is 5.92 Å². The van der Waals surface area contributed by atoms with Gasteiger partial charge in [-0.2, -0.15) is 0 Å². The van der Waals surface area contributed by atoms with Crippen molar-refractivity contribution in [1.29, 1.82) is 0 Å². The Morgan fingerprint density at radius 2 is 2.00 bits per heavy atom. The molecule has 0 bridgehead atoms. The summed E-state index contributed by atoms with van der Waals surface area (Å²) in [5, 5.41) is 0. The van der Waals surface area contributed by atoms with Crippen LogP contribution in [-0.4, -0.2) is 7.11 Å². The molecule has 0 aliphatic heterocycles. The van der Waals surface area contributed by atoms with Crippen LogP contribution < -0.4 is 4.74 Å². The second-order valence-corrected chi connectivity index (χ2v) is 3.81. The molecule has 0 aromatic heterocycles. The number of aryl methyl sites for hydroxylation is 1. The summed E-state index contributed by atoms with van der Waals surface area (Å²) in [6, 6.07) is 4.23. The van der Waals surface area contributed by atoms with Crippen LogP contribution in [-0.2, 0) is 0 Å². The maximum Gasteiger partial charge on any atom is 0.122 e. The third-order valence-corrected chi connectivity index (χ3v) is 2.46. The second-order valence-electron chi connectivity index (χ2n) is 3.81. The van der Waals surface area contributed by atoms with Crippen molar-refractivity contribution >= 4 is 6.08 Å². The van der Waals surface area contributed by atoms with Gasteiger partial charge in [-0.25, -0.2) is 0 Å². The van der Waals surface area contributed by atoms with Gasteiger partial charge in [0.15, 0.2) is 0 Å². The number of hydrogen-bond acceptors (Lipinski definition) is 1. The lowest BCUT2D eigenvalue weighted by atomic mass is 9.96. The highest BCUT2D eigenvalue weighted by molar-refractivity contribution is 5.57. The number of rotatable bonds is 3. The molecule has 0 aliphatic carbocycles. The molecule has 0 heterocycles. The van der Waals surface area contributed by atoms with Gasteiger partial charge in [0.2, 0.25) is 0 Å². The largest absolute Gasteiger partial charge is 0.496 e. The molecule has 1 aromatic rings. The van der Waals surface area contributed by atoms with Gasteiger partial charge in [0, 0.05) is 0 Å². The molecule has 0 aliphatic rings. The Hall–Kier alpha value is -1.24. The molecule has 1 heteroatoms. The average molecular weight is 190 g/mol. The van der Waals surface area contributed by atoms with E-state index in [1.807, 2.05) is 6.08 Å². The predicted octanol–water partition coefficient (Wildman–Crippen LogP) is 3.77. The summed E-state index contributed by atoms with van der Waals surface area (Å²) in [6.45, 7) is 10.2. The van der Waals surface area contributed by atoms with E-state index >= 15 is 0 Å². The molecular formula is C13H18O. The molecule has 1 rings (SSSR count). The van der Waals surface area contributed by atoms with Gasteiger partial charge < -0.3 is 4.74 Å². The van der Waals surface area contributed by atoms with Gasteiger partial charge in [-0.05, 0) is 41.7 Å². The van der Waals surface area contributed by atoms with Crippen molar-refractivity contribution in [2.75, 3.05) is 7.11 Å². The summed E-state index contributed by atoms with van der Waals surface area (Å²) >= 11 is 0. The lowest BCUT2D eigenvalue weighted by Gasteiger charge is -2.14. The molecule has 76 valence electrons. The number of methoxy groups -OCH3 is 1. The third-order valence-electron chi connectivity index (χ3n) is 2.46. The van der Waals surface area contributed by atoms with Gasteiger partial charge >= 0.3 is 0 Å². The van der Waals surface area contributed by atoms with Crippen LogP contribution >= 0.6 is 0 Å². The molecule has 0 atom stereocenters. The summed E-state index contributed by atoms with van der Waals surface area (Å²) in [7, 11) is 1.72. The topological polar surface area (TPSA) is 9.23 Å². The van der Waals surface area contributed by atoms with Crippen LogP contribution in [0.2, 0.25) is 0 Å². The Kier molecular flexibility index (Phi) is 3.34. The van der Waals surface area contributed by atoms with Crippen molar-refractivity contribution in [3.8, 4) is 5.75 Å². The molecule has 0 saturated heterocycles. The highest BCUT2D eigenvalue weighted by Gasteiger charge is 2.09. The smallest absolute Gasteiger partial charge is 0.122 e. The third kappa shape index (κ3) is 1.98. The Labute approximate surface area is 86.4 Å². The van der Waals surface area contributed by atoms with Crippen LogP contribution in [0.4, 0.5) is 0 Å². The normalized spacial score (nSPS) is 10.4. The molecule has 1 aromatic carbocycles. The fraction of sp³-hybridized carbons (Fsp3) is 0.385. The fourth-order valence-corrected chi connectivity index (χ4v) is 1.56. The zero-order valence-electron chi connectivity index (χ0n) is 9.42. The van der Waals surface area contributed by atoms with Gasteiger partial charge in [-0.3, -0.25) is 0 Å². The standard InChI is InChI=1S/C13H18O/c1-6-11-8-12(9(2)3)13(14-5)7-10(11)4/h6-9H,1H2,2-5H3. The summed E-state index contributed by atoms with van der Waals surface area (Å²) < 4.78 is 5.35. The Bertz CT molecular complexity index is 337. The van der Waals surface area contributed by atoms with Gasteiger partial charge in [-0.15, -0.1) is 0 Å². The quantitative estimate of drug-likeness (QED) is 0.705. The maximum absolute atomic E-state index is 5.35. The lowest BCUT2D eigenvalue weighted by Crippen LogP contribution is -1.96. The zero-order chi connectivity index (χ0) is 10.7. The fourth-order valence-electron chi connectivity index (χ4n) is 1.56. The van der Waals surface area contributed by atoms with Crippen LogP contribution in [0.15, 0.2) is 18.7 Å². The lowest BCUT2D eigenvalue weighted by molar-refractivity contribution is 0.407. The molecule has 0 unspecified atom stereocenters. The van der Waals surface area contributed by atoms with Crippen molar-refractivity contribution < 1.29 is 4.74 Å². The van der Waals surface area contributed by atoms with Gasteiger partial charge in [0.25, 0.3) is 0 Å². The summed E-state index contributed by atoms with van der Waals surface area (Å²) in [5.41, 5.74) is 3.64. The Morgan fingerprint density at radius 3 is 2.43 bits per heavy atom. The Balaban J connectivity index is 3.32. The van der Waals surface area contributed by atoms with E-state index in [0.717, 1.165) is 5.75 Å². The van der Waals surface area contributed by atoms with E-state index in [4.69, 9.17) is 4.74 Å². The van der Waals surface area contributed by atoms with E-state index < -0.39 is 0 Å². The molecule has 0 N–H and O–H groups in total. The first-order valence-corrected chi connectivity index (χ1v) is 4.91. The highest BCUT2D eigenvalue weighted by atomic mass is 16.5. The minimum absolute atomic E-state index is 0.476. The summed E-state index contributed by atoms with van der Waals surface area (Å²) in [5.74, 6) is 1.45. The molecule has 0 radical (unpaired) electrons. The number of hydrogen-bond donors (Lipinski definition) is 0. The molecule has 1 nitrogen and oxygen atoms in total. The molecule has 0 spiro atoms. The Morgan fingerprint density at radius 1 is 1.36 bits per heavy atom.